The van der Waals surface area contributed by atoms with Crippen LogP contribution in [-0.2, 0) is 0 Å². The Morgan fingerprint density at radius 3 is 2.12 bits per heavy atom. The summed E-state index contributed by atoms with van der Waals surface area (Å²) < 4.78 is 11.1. The van der Waals surface area contributed by atoms with Crippen LogP contribution in [0.5, 0.6) is 11.5 Å². The Kier molecular flexibility index (Phi) is 3.63. The molecule has 0 spiro atoms. The minimum atomic E-state index is -0.210. The van der Waals surface area contributed by atoms with Gasteiger partial charge < -0.3 is 9.47 Å². The van der Waals surface area contributed by atoms with E-state index in [1.807, 2.05) is 45.9 Å². The van der Waals surface area contributed by atoms with Gasteiger partial charge in [0.2, 0.25) is 0 Å². The van der Waals surface area contributed by atoms with Gasteiger partial charge in [0.25, 0.3) is 0 Å². The predicted octanol–water partition coefficient (Wildman–Crippen LogP) is 3.91. The fourth-order valence-corrected chi connectivity index (χ4v) is 1.35. The lowest BCUT2D eigenvalue weighted by Gasteiger charge is -2.22. The molecule has 0 atom stereocenters. The monoisotopic (exact) mass is 220 g/mol. The molecular formula is C14H20O2. The van der Waals surface area contributed by atoms with Crippen molar-refractivity contribution in [3.63, 3.8) is 0 Å². The van der Waals surface area contributed by atoms with E-state index in [0.29, 0.717) is 0 Å². The predicted molar refractivity (Wildman–Crippen MR) is 68.1 cm³/mol. The summed E-state index contributed by atoms with van der Waals surface area (Å²) in [4.78, 5) is 0. The van der Waals surface area contributed by atoms with Crippen molar-refractivity contribution in [1.82, 2.24) is 0 Å². The van der Waals surface area contributed by atoms with Crippen LogP contribution in [0.3, 0.4) is 0 Å². The van der Waals surface area contributed by atoms with Gasteiger partial charge in [0, 0.05) is 6.07 Å². The number of rotatable bonds is 3. The number of ether oxygens (including phenoxy) is 2. The van der Waals surface area contributed by atoms with Crippen molar-refractivity contribution in [2.24, 2.45) is 0 Å². The van der Waals surface area contributed by atoms with Crippen molar-refractivity contribution in [1.29, 1.82) is 0 Å². The first kappa shape index (κ1) is 12.6. The van der Waals surface area contributed by atoms with Crippen LogP contribution in [0.4, 0.5) is 0 Å². The van der Waals surface area contributed by atoms with Gasteiger partial charge in [-0.15, -0.1) is 0 Å². The fourth-order valence-electron chi connectivity index (χ4n) is 1.35. The van der Waals surface area contributed by atoms with Gasteiger partial charge >= 0.3 is 0 Å². The normalized spacial score (nSPS) is 11.1. The van der Waals surface area contributed by atoms with Crippen molar-refractivity contribution in [3.8, 4) is 11.5 Å². The molecule has 88 valence electrons. The lowest BCUT2D eigenvalue weighted by Crippen LogP contribution is -2.23. The van der Waals surface area contributed by atoms with Crippen LogP contribution >= 0.6 is 0 Å². The Bertz CT molecular complexity index is 386. The van der Waals surface area contributed by atoms with Gasteiger partial charge in [0.15, 0.2) is 0 Å². The Hall–Kier alpha value is -1.44. The Morgan fingerprint density at radius 1 is 1.12 bits per heavy atom. The minimum Gasteiger partial charge on any atom is -0.497 e. The second-order valence-corrected chi connectivity index (χ2v) is 4.89. The summed E-state index contributed by atoms with van der Waals surface area (Å²) >= 11 is 0. The molecule has 0 bridgehead atoms. The van der Waals surface area contributed by atoms with E-state index >= 15 is 0 Å². The van der Waals surface area contributed by atoms with Crippen molar-refractivity contribution >= 4 is 5.57 Å². The average Bonchev–Trinajstić information content (AvgIpc) is 2.14. The Labute approximate surface area is 97.9 Å². The Morgan fingerprint density at radius 2 is 1.69 bits per heavy atom. The second-order valence-electron chi connectivity index (χ2n) is 4.89. The largest absolute Gasteiger partial charge is 0.497 e. The van der Waals surface area contributed by atoms with Gasteiger partial charge in [0.1, 0.15) is 17.1 Å². The average molecular weight is 220 g/mol. The van der Waals surface area contributed by atoms with Crippen LogP contribution in [0.15, 0.2) is 24.8 Å². The third kappa shape index (κ3) is 3.61. The molecule has 0 aliphatic carbocycles. The molecule has 0 saturated heterocycles. The molecule has 1 rings (SSSR count). The van der Waals surface area contributed by atoms with E-state index in [-0.39, 0.29) is 5.60 Å². The van der Waals surface area contributed by atoms with Crippen LogP contribution in [0.2, 0.25) is 0 Å². The zero-order chi connectivity index (χ0) is 12.3. The highest BCUT2D eigenvalue weighted by Gasteiger charge is 2.13. The molecule has 0 N–H and O–H groups in total. The molecule has 0 radical (unpaired) electrons. The summed E-state index contributed by atoms with van der Waals surface area (Å²) in [6.45, 7) is 12.0. The van der Waals surface area contributed by atoms with Crippen LogP contribution < -0.4 is 9.47 Å². The third-order valence-electron chi connectivity index (χ3n) is 2.03. The molecule has 1 aromatic rings. The van der Waals surface area contributed by atoms with Gasteiger partial charge in [-0.3, -0.25) is 0 Å². The molecule has 1 aromatic carbocycles. The third-order valence-corrected chi connectivity index (χ3v) is 2.03. The lowest BCUT2D eigenvalue weighted by molar-refractivity contribution is 0.130. The quantitative estimate of drug-likeness (QED) is 0.769. The standard InChI is InChI=1S/C14H20O2/c1-10(2)11-7-12(15-6)9-13(8-11)16-14(3,4)5/h7-9H,1H2,2-6H3. The topological polar surface area (TPSA) is 18.5 Å². The van der Waals surface area contributed by atoms with E-state index < -0.39 is 0 Å². The smallest absolute Gasteiger partial charge is 0.124 e. The molecule has 0 aliphatic heterocycles. The second kappa shape index (κ2) is 4.60. The van der Waals surface area contributed by atoms with Crippen LogP contribution in [-0.4, -0.2) is 12.7 Å². The van der Waals surface area contributed by atoms with Gasteiger partial charge in [-0.25, -0.2) is 0 Å². The van der Waals surface area contributed by atoms with E-state index in [9.17, 15) is 0 Å². The molecule has 0 heterocycles. The van der Waals surface area contributed by atoms with Gasteiger partial charge in [-0.05, 0) is 45.4 Å². The first-order valence-corrected chi connectivity index (χ1v) is 5.36. The van der Waals surface area contributed by atoms with Gasteiger partial charge in [-0.2, -0.15) is 0 Å². The molecule has 0 unspecified atom stereocenters. The lowest BCUT2D eigenvalue weighted by atomic mass is 10.1. The van der Waals surface area contributed by atoms with Crippen molar-refractivity contribution in [3.05, 3.63) is 30.3 Å². The van der Waals surface area contributed by atoms with Crippen LogP contribution in [0, 0.1) is 0 Å². The first-order valence-electron chi connectivity index (χ1n) is 5.36. The summed E-state index contributed by atoms with van der Waals surface area (Å²) in [5.74, 6) is 1.60. The highest BCUT2D eigenvalue weighted by molar-refractivity contribution is 5.64. The maximum atomic E-state index is 5.81. The number of hydrogen-bond acceptors (Lipinski definition) is 2. The maximum absolute atomic E-state index is 5.81. The molecule has 0 amide bonds. The van der Waals surface area contributed by atoms with Gasteiger partial charge in [-0.1, -0.05) is 12.2 Å². The Balaban J connectivity index is 3.09. The molecule has 0 aromatic heterocycles. The number of benzene rings is 1. The molecule has 2 heteroatoms. The zero-order valence-corrected chi connectivity index (χ0v) is 10.8. The summed E-state index contributed by atoms with van der Waals surface area (Å²) in [5, 5.41) is 0. The number of allylic oxidation sites excluding steroid dienone is 1. The summed E-state index contributed by atoms with van der Waals surface area (Å²) in [7, 11) is 1.65. The van der Waals surface area contributed by atoms with E-state index in [0.717, 1.165) is 22.6 Å². The zero-order valence-electron chi connectivity index (χ0n) is 10.8. The minimum absolute atomic E-state index is 0.210. The number of methoxy groups -OCH3 is 1. The fraction of sp³-hybridized carbons (Fsp3) is 0.429. The molecule has 0 fully saturated rings. The van der Waals surface area contributed by atoms with Crippen molar-refractivity contribution < 1.29 is 9.47 Å². The molecule has 0 aliphatic rings. The molecule has 16 heavy (non-hydrogen) atoms. The highest BCUT2D eigenvalue weighted by atomic mass is 16.5. The number of hydrogen-bond donors (Lipinski definition) is 0. The summed E-state index contributed by atoms with van der Waals surface area (Å²) in [6, 6.07) is 5.83. The van der Waals surface area contributed by atoms with E-state index in [4.69, 9.17) is 9.47 Å². The molecule has 2 nitrogen and oxygen atoms in total. The molecule has 0 saturated carbocycles. The van der Waals surface area contributed by atoms with Crippen LogP contribution in [0.25, 0.3) is 5.57 Å². The van der Waals surface area contributed by atoms with Crippen molar-refractivity contribution in [2.45, 2.75) is 33.3 Å². The van der Waals surface area contributed by atoms with Crippen molar-refractivity contribution in [2.75, 3.05) is 7.11 Å². The van der Waals surface area contributed by atoms with E-state index in [1.54, 1.807) is 7.11 Å². The maximum Gasteiger partial charge on any atom is 0.124 e. The van der Waals surface area contributed by atoms with E-state index in [2.05, 4.69) is 6.58 Å². The summed E-state index contributed by atoms with van der Waals surface area (Å²) in [6.07, 6.45) is 0. The van der Waals surface area contributed by atoms with Crippen LogP contribution in [0.1, 0.15) is 33.3 Å². The van der Waals surface area contributed by atoms with E-state index in [1.165, 1.54) is 0 Å². The summed E-state index contributed by atoms with van der Waals surface area (Å²) in [5.41, 5.74) is 1.83. The SMILES string of the molecule is C=C(C)c1cc(OC)cc(OC(C)(C)C)c1. The first-order chi connectivity index (χ1) is 7.31. The highest BCUT2D eigenvalue weighted by Crippen LogP contribution is 2.28. The van der Waals surface area contributed by atoms with Gasteiger partial charge in [0.05, 0.1) is 7.11 Å². The molecular weight excluding hydrogens is 200 g/mol.